The maximum absolute atomic E-state index is 12.0. The number of nitrogens with two attached hydrogens (primary N) is 1. The number of carbonyl (C=O) groups excluding carboxylic acids is 2. The second-order valence-corrected chi connectivity index (χ2v) is 4.88. The molecule has 0 aromatic heterocycles. The molecule has 0 saturated heterocycles. The summed E-state index contributed by atoms with van der Waals surface area (Å²) in [6.07, 6.45) is 0. The Labute approximate surface area is 125 Å². The fourth-order valence-corrected chi connectivity index (χ4v) is 1.50. The molecule has 3 N–H and O–H groups in total. The van der Waals surface area contributed by atoms with Crippen LogP contribution in [0.25, 0.3) is 0 Å². The third kappa shape index (κ3) is 4.51. The molecule has 20 heavy (non-hydrogen) atoms. The zero-order chi connectivity index (χ0) is 14.6. The second-order valence-electron chi connectivity index (χ2n) is 4.88. The topological polar surface area (TPSA) is 75.4 Å². The fraction of sp³-hybridized carbons (Fsp3) is 0.429. The van der Waals surface area contributed by atoms with Crippen molar-refractivity contribution in [1.29, 1.82) is 0 Å². The standard InChI is InChI=1S/C14H21N3O2.ClH/c1-9(10(2)15)13(18)16-12-8-6-5-7-11(12)14(19)17(3)4;/h5-10H,15H2,1-4H3,(H,16,18);1H. The maximum atomic E-state index is 12.0. The van der Waals surface area contributed by atoms with E-state index in [9.17, 15) is 9.59 Å². The van der Waals surface area contributed by atoms with Crippen LogP contribution < -0.4 is 11.1 Å². The number of anilines is 1. The van der Waals surface area contributed by atoms with Crippen LogP contribution in [0.15, 0.2) is 24.3 Å². The van der Waals surface area contributed by atoms with Crippen LogP contribution in [0.3, 0.4) is 0 Å². The summed E-state index contributed by atoms with van der Waals surface area (Å²) in [6.45, 7) is 3.54. The number of halogens is 1. The van der Waals surface area contributed by atoms with E-state index in [-0.39, 0.29) is 36.2 Å². The van der Waals surface area contributed by atoms with Crippen LogP contribution >= 0.6 is 12.4 Å². The molecular weight excluding hydrogens is 278 g/mol. The average Bonchev–Trinajstić information content (AvgIpc) is 2.37. The molecule has 1 rings (SSSR count). The summed E-state index contributed by atoms with van der Waals surface area (Å²) in [5.74, 6) is -0.652. The molecule has 0 aliphatic rings. The quantitative estimate of drug-likeness (QED) is 0.889. The van der Waals surface area contributed by atoms with Crippen molar-refractivity contribution in [2.45, 2.75) is 19.9 Å². The highest BCUT2D eigenvalue weighted by Gasteiger charge is 2.20. The van der Waals surface area contributed by atoms with Gasteiger partial charge in [-0.3, -0.25) is 9.59 Å². The SMILES string of the molecule is CC(N)C(C)C(=O)Nc1ccccc1C(=O)N(C)C.Cl. The Balaban J connectivity index is 0.00000361. The van der Waals surface area contributed by atoms with Crippen molar-refractivity contribution < 1.29 is 9.59 Å². The minimum atomic E-state index is -0.317. The van der Waals surface area contributed by atoms with Gasteiger partial charge in [0, 0.05) is 20.1 Å². The Morgan fingerprint density at radius 3 is 2.25 bits per heavy atom. The van der Waals surface area contributed by atoms with Gasteiger partial charge in [-0.05, 0) is 19.1 Å². The molecular formula is C14H22ClN3O2. The normalized spacial score (nSPS) is 12.8. The minimum Gasteiger partial charge on any atom is -0.345 e. The van der Waals surface area contributed by atoms with Crippen molar-refractivity contribution in [3.8, 4) is 0 Å². The number of carbonyl (C=O) groups is 2. The molecule has 2 amide bonds. The first-order valence-electron chi connectivity index (χ1n) is 6.21. The molecule has 0 heterocycles. The van der Waals surface area contributed by atoms with Crippen molar-refractivity contribution in [1.82, 2.24) is 4.90 Å². The van der Waals surface area contributed by atoms with Crippen molar-refractivity contribution in [3.05, 3.63) is 29.8 Å². The average molecular weight is 300 g/mol. The maximum Gasteiger partial charge on any atom is 0.255 e. The van der Waals surface area contributed by atoms with Gasteiger partial charge in [-0.2, -0.15) is 0 Å². The van der Waals surface area contributed by atoms with Crippen LogP contribution in [0.2, 0.25) is 0 Å². The monoisotopic (exact) mass is 299 g/mol. The van der Waals surface area contributed by atoms with Crippen LogP contribution in [0.5, 0.6) is 0 Å². The number of hydrogen-bond donors (Lipinski definition) is 2. The number of nitrogens with zero attached hydrogens (tertiary/aromatic N) is 1. The summed E-state index contributed by atoms with van der Waals surface area (Å²) in [5.41, 5.74) is 6.68. The first-order valence-corrected chi connectivity index (χ1v) is 6.21. The van der Waals surface area contributed by atoms with E-state index in [0.717, 1.165) is 0 Å². The van der Waals surface area contributed by atoms with Crippen molar-refractivity contribution in [2.24, 2.45) is 11.7 Å². The van der Waals surface area contributed by atoms with E-state index in [1.807, 2.05) is 0 Å². The Hall–Kier alpha value is -1.59. The van der Waals surface area contributed by atoms with E-state index < -0.39 is 0 Å². The highest BCUT2D eigenvalue weighted by atomic mass is 35.5. The van der Waals surface area contributed by atoms with Crippen molar-refractivity contribution in [3.63, 3.8) is 0 Å². The first-order chi connectivity index (χ1) is 8.84. The number of para-hydroxylation sites is 1. The van der Waals surface area contributed by atoms with Crippen LogP contribution in [0, 0.1) is 5.92 Å². The Morgan fingerprint density at radius 1 is 1.20 bits per heavy atom. The first kappa shape index (κ1) is 18.4. The van der Waals surface area contributed by atoms with E-state index >= 15 is 0 Å². The van der Waals surface area contributed by atoms with Gasteiger partial charge in [0.25, 0.3) is 5.91 Å². The Morgan fingerprint density at radius 2 is 1.75 bits per heavy atom. The lowest BCUT2D eigenvalue weighted by atomic mass is 10.0. The van der Waals surface area contributed by atoms with Gasteiger partial charge >= 0.3 is 0 Å². The Bertz CT molecular complexity index is 475. The summed E-state index contributed by atoms with van der Waals surface area (Å²) in [6, 6.07) is 6.70. The molecule has 0 aliphatic carbocycles. The third-order valence-corrected chi connectivity index (χ3v) is 3.02. The van der Waals surface area contributed by atoms with Gasteiger partial charge in [0.2, 0.25) is 5.91 Å². The number of benzene rings is 1. The summed E-state index contributed by atoms with van der Waals surface area (Å²) >= 11 is 0. The van der Waals surface area contributed by atoms with Gasteiger partial charge in [0.05, 0.1) is 17.2 Å². The second kappa shape index (κ2) is 7.87. The lowest BCUT2D eigenvalue weighted by Crippen LogP contribution is -2.35. The van der Waals surface area contributed by atoms with Gasteiger partial charge in [-0.1, -0.05) is 19.1 Å². The van der Waals surface area contributed by atoms with Crippen molar-refractivity contribution in [2.75, 3.05) is 19.4 Å². The molecule has 0 bridgehead atoms. The molecule has 0 radical (unpaired) electrons. The molecule has 112 valence electrons. The lowest BCUT2D eigenvalue weighted by molar-refractivity contribution is -0.119. The molecule has 6 heteroatoms. The molecule has 0 spiro atoms. The Kier molecular flexibility index (Phi) is 7.24. The zero-order valence-electron chi connectivity index (χ0n) is 12.2. The number of amides is 2. The van der Waals surface area contributed by atoms with E-state index in [0.29, 0.717) is 11.3 Å². The fourth-order valence-electron chi connectivity index (χ4n) is 1.50. The molecule has 2 atom stereocenters. The van der Waals surface area contributed by atoms with Crippen molar-refractivity contribution >= 4 is 29.9 Å². The summed E-state index contributed by atoms with van der Waals surface area (Å²) < 4.78 is 0. The van der Waals surface area contributed by atoms with Gasteiger partial charge < -0.3 is 16.0 Å². The summed E-state index contributed by atoms with van der Waals surface area (Å²) in [7, 11) is 3.34. The number of nitrogens with one attached hydrogen (secondary N) is 1. The smallest absolute Gasteiger partial charge is 0.255 e. The van der Waals surface area contributed by atoms with Gasteiger partial charge in [0.1, 0.15) is 0 Å². The van der Waals surface area contributed by atoms with Crippen LogP contribution in [-0.2, 0) is 4.79 Å². The molecule has 5 nitrogen and oxygen atoms in total. The summed E-state index contributed by atoms with van der Waals surface area (Å²) in [4.78, 5) is 25.5. The highest BCUT2D eigenvalue weighted by molar-refractivity contribution is 6.04. The van der Waals surface area contributed by atoms with Crippen LogP contribution in [-0.4, -0.2) is 36.9 Å². The molecule has 1 aromatic carbocycles. The third-order valence-electron chi connectivity index (χ3n) is 3.02. The highest BCUT2D eigenvalue weighted by Crippen LogP contribution is 2.17. The van der Waals surface area contributed by atoms with Crippen LogP contribution in [0.4, 0.5) is 5.69 Å². The van der Waals surface area contributed by atoms with E-state index in [2.05, 4.69) is 5.32 Å². The molecule has 1 aromatic rings. The van der Waals surface area contributed by atoms with Gasteiger partial charge in [-0.15, -0.1) is 12.4 Å². The van der Waals surface area contributed by atoms with Gasteiger partial charge in [0.15, 0.2) is 0 Å². The zero-order valence-corrected chi connectivity index (χ0v) is 13.0. The molecule has 0 saturated carbocycles. The van der Waals surface area contributed by atoms with E-state index in [1.165, 1.54) is 4.90 Å². The number of hydrogen-bond acceptors (Lipinski definition) is 3. The molecule has 2 unspecified atom stereocenters. The van der Waals surface area contributed by atoms with E-state index in [4.69, 9.17) is 5.73 Å². The minimum absolute atomic E-state index is 0. The predicted octanol–water partition coefficient (Wildman–Crippen LogP) is 1.73. The molecule has 0 aliphatic heterocycles. The summed E-state index contributed by atoms with van der Waals surface area (Å²) in [5, 5.41) is 2.76. The molecule has 0 fully saturated rings. The predicted molar refractivity (Wildman–Crippen MR) is 83.2 cm³/mol. The largest absolute Gasteiger partial charge is 0.345 e. The number of rotatable bonds is 4. The van der Waals surface area contributed by atoms with Crippen LogP contribution in [0.1, 0.15) is 24.2 Å². The van der Waals surface area contributed by atoms with Gasteiger partial charge in [-0.25, -0.2) is 0 Å². The van der Waals surface area contributed by atoms with E-state index in [1.54, 1.807) is 52.2 Å². The lowest BCUT2D eigenvalue weighted by Gasteiger charge is -2.18.